The Morgan fingerprint density at radius 3 is 2.47 bits per heavy atom. The molecule has 1 saturated heterocycles. The van der Waals surface area contributed by atoms with Gasteiger partial charge in [-0.1, -0.05) is 0 Å². The quantitative estimate of drug-likeness (QED) is 0.617. The van der Waals surface area contributed by atoms with Crippen molar-refractivity contribution in [2.45, 2.75) is 31.8 Å². The zero-order valence-corrected chi connectivity index (χ0v) is 8.39. The van der Waals surface area contributed by atoms with Gasteiger partial charge >= 0.3 is 5.97 Å². The van der Waals surface area contributed by atoms with E-state index in [9.17, 15) is 9.90 Å². The molecule has 0 aromatic carbocycles. The van der Waals surface area contributed by atoms with Gasteiger partial charge in [-0.3, -0.25) is 0 Å². The lowest BCUT2D eigenvalue weighted by atomic mass is 10.2. The Balaban J connectivity index is 2.12. The number of aliphatic hydroxyl groups is 2. The Labute approximate surface area is 86.0 Å². The zero-order chi connectivity index (χ0) is 11.2. The molecule has 15 heavy (non-hydrogen) atoms. The molecule has 6 nitrogen and oxygen atoms in total. The van der Waals surface area contributed by atoms with Gasteiger partial charge in [0.15, 0.2) is 17.7 Å². The number of hydrogen-bond acceptors (Lipinski definition) is 6. The molecular weight excluding hydrogens is 204 g/mol. The third kappa shape index (κ3) is 1.66. The number of ether oxygens (including phenoxy) is 3. The molecule has 1 fully saturated rings. The number of rotatable bonds is 1. The Kier molecular flexibility index (Phi) is 2.13. The van der Waals surface area contributed by atoms with E-state index in [0.717, 1.165) is 0 Å². The maximum Gasteiger partial charge on any atom is 0.377 e. The van der Waals surface area contributed by atoms with Crippen LogP contribution in [0.1, 0.15) is 13.8 Å². The van der Waals surface area contributed by atoms with E-state index in [-0.39, 0.29) is 6.61 Å². The Hall–Kier alpha value is -1.27. The number of esters is 1. The van der Waals surface area contributed by atoms with Gasteiger partial charge in [-0.2, -0.15) is 0 Å². The van der Waals surface area contributed by atoms with E-state index in [1.54, 1.807) is 13.8 Å². The van der Waals surface area contributed by atoms with Crippen LogP contribution in [0, 0.1) is 0 Å². The molecule has 2 aliphatic heterocycles. The summed E-state index contributed by atoms with van der Waals surface area (Å²) in [6, 6.07) is 0. The third-order valence-electron chi connectivity index (χ3n) is 2.31. The van der Waals surface area contributed by atoms with E-state index in [4.69, 9.17) is 19.3 Å². The first-order chi connectivity index (χ1) is 6.91. The van der Waals surface area contributed by atoms with Crippen molar-refractivity contribution in [1.29, 1.82) is 0 Å². The zero-order valence-electron chi connectivity index (χ0n) is 8.39. The monoisotopic (exact) mass is 216 g/mol. The summed E-state index contributed by atoms with van der Waals surface area (Å²) in [6.07, 6.45) is -1.56. The fraction of sp³-hybridized carbons (Fsp3) is 0.667. The van der Waals surface area contributed by atoms with Gasteiger partial charge in [0.1, 0.15) is 6.10 Å². The summed E-state index contributed by atoms with van der Waals surface area (Å²) in [5.74, 6) is -2.96. The summed E-state index contributed by atoms with van der Waals surface area (Å²) in [6.45, 7) is 3.62. The molecule has 2 atom stereocenters. The fourth-order valence-corrected chi connectivity index (χ4v) is 1.58. The van der Waals surface area contributed by atoms with Crippen molar-refractivity contribution in [2.75, 3.05) is 6.61 Å². The minimum absolute atomic E-state index is 0.197. The predicted molar refractivity (Wildman–Crippen MR) is 47.1 cm³/mol. The molecule has 0 amide bonds. The first-order valence-electron chi connectivity index (χ1n) is 4.55. The van der Waals surface area contributed by atoms with Crippen LogP contribution < -0.4 is 0 Å². The van der Waals surface area contributed by atoms with E-state index >= 15 is 0 Å². The van der Waals surface area contributed by atoms with Crippen LogP contribution in [0.15, 0.2) is 11.5 Å². The van der Waals surface area contributed by atoms with Crippen molar-refractivity contribution in [3.63, 3.8) is 0 Å². The van der Waals surface area contributed by atoms with Gasteiger partial charge in [-0.05, 0) is 13.8 Å². The molecule has 0 spiro atoms. The van der Waals surface area contributed by atoms with Crippen molar-refractivity contribution >= 4 is 5.97 Å². The number of carbonyl (C=O) groups is 1. The highest BCUT2D eigenvalue weighted by atomic mass is 16.8. The second kappa shape index (κ2) is 3.11. The maximum atomic E-state index is 10.9. The van der Waals surface area contributed by atoms with Crippen LogP contribution in [-0.2, 0) is 19.0 Å². The molecule has 0 aliphatic carbocycles. The Morgan fingerprint density at radius 2 is 2.07 bits per heavy atom. The van der Waals surface area contributed by atoms with Crippen molar-refractivity contribution in [3.8, 4) is 0 Å². The summed E-state index contributed by atoms with van der Waals surface area (Å²) < 4.78 is 15.4. The fourth-order valence-electron chi connectivity index (χ4n) is 1.58. The topological polar surface area (TPSA) is 85.2 Å². The molecule has 84 valence electrons. The molecule has 2 aliphatic rings. The molecule has 2 N–H and O–H groups in total. The van der Waals surface area contributed by atoms with Gasteiger partial charge in [-0.15, -0.1) is 0 Å². The second-order valence-corrected chi connectivity index (χ2v) is 3.93. The molecular formula is C9H12O6. The Bertz CT molecular complexity index is 331. The van der Waals surface area contributed by atoms with Crippen LogP contribution in [-0.4, -0.2) is 40.8 Å². The highest BCUT2D eigenvalue weighted by Crippen LogP contribution is 2.31. The average Bonchev–Trinajstić information content (AvgIpc) is 2.62. The van der Waals surface area contributed by atoms with E-state index in [1.807, 2.05) is 0 Å². The summed E-state index contributed by atoms with van der Waals surface area (Å²) in [7, 11) is 0. The second-order valence-electron chi connectivity index (χ2n) is 3.93. The predicted octanol–water partition coefficient (Wildman–Crippen LogP) is 0.391. The molecule has 0 saturated carbocycles. The lowest BCUT2D eigenvalue weighted by Gasteiger charge is -2.19. The van der Waals surface area contributed by atoms with Crippen LogP contribution in [0.3, 0.4) is 0 Å². The lowest BCUT2D eigenvalue weighted by molar-refractivity contribution is -0.163. The van der Waals surface area contributed by atoms with Gasteiger partial charge in [0, 0.05) is 0 Å². The van der Waals surface area contributed by atoms with Crippen molar-refractivity contribution in [1.82, 2.24) is 0 Å². The summed E-state index contributed by atoms with van der Waals surface area (Å²) in [4.78, 5) is 10.9. The molecule has 2 heterocycles. The number of hydrogen-bond donors (Lipinski definition) is 2. The molecule has 0 aromatic rings. The number of carbonyl (C=O) groups excluding carboxylic acids is 1. The number of aliphatic hydroxyl groups excluding tert-OH is 2. The largest absolute Gasteiger partial charge is 0.505 e. The summed E-state index contributed by atoms with van der Waals surface area (Å²) in [5, 5.41) is 18.5. The average molecular weight is 216 g/mol. The van der Waals surface area contributed by atoms with Crippen molar-refractivity contribution in [3.05, 3.63) is 11.5 Å². The van der Waals surface area contributed by atoms with E-state index in [1.165, 1.54) is 0 Å². The van der Waals surface area contributed by atoms with E-state index in [2.05, 4.69) is 0 Å². The standard InChI is InChI=1S/C9H12O6/c1-9(2)13-3-4(15-9)7-5(10)6(11)8(12)14-7/h4,7,10-11H,3H2,1-2H3/t4-,7-/m0/s1. The molecule has 0 bridgehead atoms. The van der Waals surface area contributed by atoms with Crippen molar-refractivity contribution < 1.29 is 29.2 Å². The normalized spacial score (nSPS) is 34.7. The summed E-state index contributed by atoms with van der Waals surface area (Å²) >= 11 is 0. The first kappa shape index (κ1) is 10.3. The van der Waals surface area contributed by atoms with Crippen LogP contribution in [0.2, 0.25) is 0 Å². The molecule has 0 unspecified atom stereocenters. The van der Waals surface area contributed by atoms with Gasteiger partial charge in [0.2, 0.25) is 5.76 Å². The van der Waals surface area contributed by atoms with E-state index < -0.39 is 35.5 Å². The molecule has 2 rings (SSSR count). The smallest absolute Gasteiger partial charge is 0.377 e. The van der Waals surface area contributed by atoms with Gasteiger partial charge < -0.3 is 24.4 Å². The van der Waals surface area contributed by atoms with Gasteiger partial charge in [0.25, 0.3) is 0 Å². The molecule has 6 heteroatoms. The van der Waals surface area contributed by atoms with Crippen LogP contribution in [0.25, 0.3) is 0 Å². The summed E-state index contributed by atoms with van der Waals surface area (Å²) in [5.41, 5.74) is 0. The van der Waals surface area contributed by atoms with Crippen LogP contribution in [0.5, 0.6) is 0 Å². The van der Waals surface area contributed by atoms with Crippen LogP contribution in [0.4, 0.5) is 0 Å². The third-order valence-corrected chi connectivity index (χ3v) is 2.31. The van der Waals surface area contributed by atoms with Gasteiger partial charge in [0.05, 0.1) is 6.61 Å². The minimum Gasteiger partial charge on any atom is -0.505 e. The highest BCUT2D eigenvalue weighted by Gasteiger charge is 2.46. The highest BCUT2D eigenvalue weighted by molar-refractivity contribution is 5.89. The molecule has 0 radical (unpaired) electrons. The van der Waals surface area contributed by atoms with Crippen LogP contribution >= 0.6 is 0 Å². The minimum atomic E-state index is -0.973. The lowest BCUT2D eigenvalue weighted by Crippen LogP contribution is -2.32. The van der Waals surface area contributed by atoms with Crippen molar-refractivity contribution in [2.24, 2.45) is 0 Å². The SMILES string of the molecule is CC1(C)OC[C@@H]([C@@H]2OC(=O)C(O)=C2O)O1. The first-order valence-corrected chi connectivity index (χ1v) is 4.55. The van der Waals surface area contributed by atoms with Gasteiger partial charge in [-0.25, -0.2) is 4.79 Å². The Morgan fingerprint density at radius 1 is 1.40 bits per heavy atom. The molecule has 0 aromatic heterocycles. The number of cyclic esters (lactones) is 1. The van der Waals surface area contributed by atoms with E-state index in [0.29, 0.717) is 0 Å². The maximum absolute atomic E-state index is 10.9.